The number of carboxylic acids is 2. The fourth-order valence-electron chi connectivity index (χ4n) is 2.64. The molecule has 0 radical (unpaired) electrons. The maximum Gasteiger partial charge on any atom is 0.326 e. The molecule has 0 aliphatic rings. The Kier molecular flexibility index (Phi) is 10.5. The Bertz CT molecular complexity index is 796. The second-order valence-corrected chi connectivity index (χ2v) is 6.80. The SMILES string of the molecule is NC(N)=NCCCC(N)C(=O)NC(CC(=O)O)C(=O)NC(Cc1ccccc1)C(=O)O. The molecule has 0 aromatic heterocycles. The summed E-state index contributed by atoms with van der Waals surface area (Å²) in [4.78, 5) is 51.2. The topological polar surface area (TPSA) is 223 Å². The summed E-state index contributed by atoms with van der Waals surface area (Å²) in [6.45, 7) is 0.252. The number of nitrogens with two attached hydrogens (primary N) is 3. The largest absolute Gasteiger partial charge is 0.481 e. The monoisotopic (exact) mass is 436 g/mol. The fraction of sp³-hybridized carbons (Fsp3) is 0.421. The molecule has 0 heterocycles. The maximum absolute atomic E-state index is 12.5. The molecule has 12 nitrogen and oxygen atoms in total. The van der Waals surface area contributed by atoms with Crippen LogP contribution in [-0.2, 0) is 25.6 Å². The number of guanidine groups is 1. The molecular formula is C19H28N6O6. The van der Waals surface area contributed by atoms with E-state index in [2.05, 4.69) is 15.6 Å². The minimum Gasteiger partial charge on any atom is -0.481 e. The number of benzene rings is 1. The van der Waals surface area contributed by atoms with Crippen LogP contribution in [-0.4, -0.2) is 64.6 Å². The number of aliphatic carboxylic acids is 2. The highest BCUT2D eigenvalue weighted by Gasteiger charge is 2.29. The minimum absolute atomic E-state index is 0.0139. The molecule has 1 aromatic carbocycles. The van der Waals surface area contributed by atoms with Crippen molar-refractivity contribution in [1.29, 1.82) is 0 Å². The zero-order valence-corrected chi connectivity index (χ0v) is 16.9. The second kappa shape index (κ2) is 12.8. The van der Waals surface area contributed by atoms with E-state index in [0.29, 0.717) is 12.0 Å². The highest BCUT2D eigenvalue weighted by atomic mass is 16.4. The summed E-state index contributed by atoms with van der Waals surface area (Å²) < 4.78 is 0. The fourth-order valence-corrected chi connectivity index (χ4v) is 2.64. The van der Waals surface area contributed by atoms with Crippen LogP contribution in [0.3, 0.4) is 0 Å². The lowest BCUT2D eigenvalue weighted by Crippen LogP contribution is -2.55. The van der Waals surface area contributed by atoms with Crippen LogP contribution in [0.1, 0.15) is 24.8 Å². The Balaban J connectivity index is 2.76. The van der Waals surface area contributed by atoms with Crippen molar-refractivity contribution in [3.63, 3.8) is 0 Å². The third-order valence-electron chi connectivity index (χ3n) is 4.21. The number of amides is 2. The van der Waals surface area contributed by atoms with Gasteiger partial charge in [0.2, 0.25) is 11.8 Å². The number of aliphatic imine (C=N–C) groups is 1. The molecule has 0 saturated carbocycles. The predicted molar refractivity (Wildman–Crippen MR) is 112 cm³/mol. The lowest BCUT2D eigenvalue weighted by molar-refractivity contribution is -0.143. The van der Waals surface area contributed by atoms with Gasteiger partial charge in [-0.15, -0.1) is 0 Å². The summed E-state index contributed by atoms with van der Waals surface area (Å²) in [5, 5.41) is 23.0. The number of nitrogens with one attached hydrogen (secondary N) is 2. The zero-order valence-electron chi connectivity index (χ0n) is 16.9. The molecule has 1 aromatic rings. The van der Waals surface area contributed by atoms with Crippen LogP contribution in [0.25, 0.3) is 0 Å². The molecule has 3 unspecified atom stereocenters. The first-order valence-electron chi connectivity index (χ1n) is 9.50. The van der Waals surface area contributed by atoms with Gasteiger partial charge in [-0.3, -0.25) is 19.4 Å². The van der Waals surface area contributed by atoms with E-state index in [1.54, 1.807) is 30.3 Å². The van der Waals surface area contributed by atoms with Gasteiger partial charge in [-0.25, -0.2) is 4.79 Å². The smallest absolute Gasteiger partial charge is 0.326 e. The standard InChI is InChI=1S/C19H28N6O6/c20-12(7-4-8-23-19(21)22)16(28)24-13(10-15(26)27)17(29)25-14(18(30)31)9-11-5-2-1-3-6-11/h1-3,5-6,12-14H,4,7-10,20H2,(H,24,28)(H,25,29)(H,26,27)(H,30,31)(H4,21,22,23). The van der Waals surface area contributed by atoms with E-state index in [0.717, 1.165) is 0 Å². The van der Waals surface area contributed by atoms with E-state index < -0.39 is 48.3 Å². The van der Waals surface area contributed by atoms with Gasteiger partial charge in [0, 0.05) is 13.0 Å². The third kappa shape index (κ3) is 10.1. The summed E-state index contributed by atoms with van der Waals surface area (Å²) in [6, 6.07) is 4.76. The average molecular weight is 436 g/mol. The number of carbonyl (C=O) groups is 4. The third-order valence-corrected chi connectivity index (χ3v) is 4.21. The quantitative estimate of drug-likeness (QED) is 0.104. The van der Waals surface area contributed by atoms with Crippen molar-refractivity contribution in [2.45, 2.75) is 43.8 Å². The number of nitrogens with zero attached hydrogens (tertiary/aromatic N) is 1. The second-order valence-electron chi connectivity index (χ2n) is 6.80. The Hall–Kier alpha value is -3.67. The lowest BCUT2D eigenvalue weighted by atomic mass is 10.0. The van der Waals surface area contributed by atoms with E-state index in [1.807, 2.05) is 0 Å². The van der Waals surface area contributed by atoms with Crippen molar-refractivity contribution in [3.8, 4) is 0 Å². The van der Waals surface area contributed by atoms with Gasteiger partial charge in [0.25, 0.3) is 0 Å². The van der Waals surface area contributed by atoms with Gasteiger partial charge in [-0.1, -0.05) is 30.3 Å². The number of carbonyl (C=O) groups excluding carboxylic acids is 2. The predicted octanol–water partition coefficient (Wildman–Crippen LogP) is -1.86. The Morgan fingerprint density at radius 3 is 2.13 bits per heavy atom. The van der Waals surface area contributed by atoms with Gasteiger partial charge in [-0.05, 0) is 18.4 Å². The molecule has 0 aliphatic heterocycles. The zero-order chi connectivity index (χ0) is 23.4. The molecule has 31 heavy (non-hydrogen) atoms. The molecule has 170 valence electrons. The first-order valence-corrected chi connectivity index (χ1v) is 9.50. The summed E-state index contributed by atoms with van der Waals surface area (Å²) in [5.41, 5.74) is 16.8. The van der Waals surface area contributed by atoms with Crippen LogP contribution in [0.15, 0.2) is 35.3 Å². The molecular weight excluding hydrogens is 408 g/mol. The van der Waals surface area contributed by atoms with Gasteiger partial charge in [0.1, 0.15) is 12.1 Å². The lowest BCUT2D eigenvalue weighted by Gasteiger charge is -2.22. The molecule has 2 amide bonds. The number of hydrogen-bond acceptors (Lipinski definition) is 6. The first kappa shape index (κ1) is 25.4. The van der Waals surface area contributed by atoms with Crippen molar-refractivity contribution in [2.75, 3.05) is 6.54 Å². The van der Waals surface area contributed by atoms with E-state index in [-0.39, 0.29) is 25.3 Å². The molecule has 0 saturated heterocycles. The number of rotatable bonds is 13. The number of hydrogen-bond donors (Lipinski definition) is 7. The molecule has 0 aliphatic carbocycles. The number of carboxylic acid groups (broad SMARTS) is 2. The van der Waals surface area contributed by atoms with Crippen LogP contribution >= 0.6 is 0 Å². The summed E-state index contributed by atoms with van der Waals surface area (Å²) in [5.74, 6) is -4.43. The molecule has 10 N–H and O–H groups in total. The van der Waals surface area contributed by atoms with Crippen LogP contribution in [0.4, 0.5) is 0 Å². The van der Waals surface area contributed by atoms with Crippen LogP contribution in [0.2, 0.25) is 0 Å². The molecule has 1 rings (SSSR count). The Morgan fingerprint density at radius 1 is 0.968 bits per heavy atom. The normalized spacial score (nSPS) is 13.3. The van der Waals surface area contributed by atoms with Gasteiger partial charge < -0.3 is 38.0 Å². The average Bonchev–Trinajstić information content (AvgIpc) is 2.70. The highest BCUT2D eigenvalue weighted by Crippen LogP contribution is 2.05. The van der Waals surface area contributed by atoms with Crippen molar-refractivity contribution in [2.24, 2.45) is 22.2 Å². The molecule has 12 heteroatoms. The minimum atomic E-state index is -1.49. The van der Waals surface area contributed by atoms with Gasteiger partial charge in [0.05, 0.1) is 12.5 Å². The van der Waals surface area contributed by atoms with Crippen LogP contribution < -0.4 is 27.8 Å². The Morgan fingerprint density at radius 2 is 1.58 bits per heavy atom. The van der Waals surface area contributed by atoms with E-state index >= 15 is 0 Å². The van der Waals surface area contributed by atoms with E-state index in [4.69, 9.17) is 22.3 Å². The van der Waals surface area contributed by atoms with Crippen molar-refractivity contribution >= 4 is 29.7 Å². The van der Waals surface area contributed by atoms with E-state index in [9.17, 15) is 24.3 Å². The van der Waals surface area contributed by atoms with Gasteiger partial charge in [0.15, 0.2) is 5.96 Å². The van der Waals surface area contributed by atoms with Gasteiger partial charge >= 0.3 is 11.9 Å². The maximum atomic E-state index is 12.5. The van der Waals surface area contributed by atoms with Crippen molar-refractivity contribution in [1.82, 2.24) is 10.6 Å². The highest BCUT2D eigenvalue weighted by molar-refractivity contribution is 5.94. The molecule has 0 spiro atoms. The van der Waals surface area contributed by atoms with Crippen molar-refractivity contribution in [3.05, 3.63) is 35.9 Å². The first-order chi connectivity index (χ1) is 14.6. The summed E-state index contributed by atoms with van der Waals surface area (Å²) in [6.07, 6.45) is -0.174. The van der Waals surface area contributed by atoms with E-state index in [1.165, 1.54) is 0 Å². The van der Waals surface area contributed by atoms with Crippen LogP contribution in [0, 0.1) is 0 Å². The van der Waals surface area contributed by atoms with Gasteiger partial charge in [-0.2, -0.15) is 0 Å². The van der Waals surface area contributed by atoms with Crippen molar-refractivity contribution < 1.29 is 29.4 Å². The molecule has 0 bridgehead atoms. The Labute approximate surface area is 178 Å². The summed E-state index contributed by atoms with van der Waals surface area (Å²) >= 11 is 0. The summed E-state index contributed by atoms with van der Waals surface area (Å²) in [7, 11) is 0. The molecule has 3 atom stereocenters. The molecule has 0 fully saturated rings. The van der Waals surface area contributed by atoms with Crippen LogP contribution in [0.5, 0.6) is 0 Å².